The van der Waals surface area contributed by atoms with E-state index in [1.807, 2.05) is 50.2 Å². The first-order chi connectivity index (χ1) is 11.7. The predicted octanol–water partition coefficient (Wildman–Crippen LogP) is 4.06. The van der Waals surface area contributed by atoms with Gasteiger partial charge in [-0.25, -0.2) is 4.98 Å². The van der Waals surface area contributed by atoms with E-state index in [0.717, 1.165) is 29.8 Å². The fourth-order valence-corrected chi connectivity index (χ4v) is 2.96. The summed E-state index contributed by atoms with van der Waals surface area (Å²) >= 11 is 0. The number of hydrogen-bond acceptors (Lipinski definition) is 2. The van der Waals surface area contributed by atoms with Gasteiger partial charge in [0.1, 0.15) is 5.82 Å². The molecule has 1 aromatic heterocycles. The van der Waals surface area contributed by atoms with Crippen molar-refractivity contribution in [2.75, 3.05) is 0 Å². The third-order valence-corrected chi connectivity index (χ3v) is 4.11. The Morgan fingerprint density at radius 3 is 2.58 bits per heavy atom. The minimum absolute atomic E-state index is 0.0725. The number of carbonyl (C=O) groups excluding carboxylic acids is 1. The number of rotatable bonds is 6. The Morgan fingerprint density at radius 1 is 1.12 bits per heavy atom. The van der Waals surface area contributed by atoms with E-state index in [1.165, 1.54) is 5.56 Å². The predicted molar refractivity (Wildman–Crippen MR) is 96.7 cm³/mol. The highest BCUT2D eigenvalue weighted by Gasteiger charge is 2.18. The molecular weight excluding hydrogens is 298 g/mol. The molecule has 1 amide bonds. The first-order valence-electron chi connectivity index (χ1n) is 8.47. The number of aromatic nitrogens is 2. The molecule has 4 heteroatoms. The van der Waals surface area contributed by atoms with Crippen LogP contribution in [-0.4, -0.2) is 15.5 Å². The fraction of sp³-hybridized carbons (Fsp3) is 0.300. The summed E-state index contributed by atoms with van der Waals surface area (Å²) < 4.78 is 2.20. The number of imidazole rings is 1. The molecule has 0 aliphatic rings. The summed E-state index contributed by atoms with van der Waals surface area (Å²) in [5, 5.41) is 3.06. The van der Waals surface area contributed by atoms with Gasteiger partial charge in [-0.15, -0.1) is 0 Å². The summed E-state index contributed by atoms with van der Waals surface area (Å²) in [5.74, 6) is 0.966. The average molecular weight is 321 g/mol. The van der Waals surface area contributed by atoms with Crippen LogP contribution in [0.15, 0.2) is 54.6 Å². The second-order valence-corrected chi connectivity index (χ2v) is 6.07. The van der Waals surface area contributed by atoms with Gasteiger partial charge >= 0.3 is 0 Å². The normalized spacial score (nSPS) is 12.2. The van der Waals surface area contributed by atoms with E-state index in [2.05, 4.69) is 28.1 Å². The topological polar surface area (TPSA) is 46.9 Å². The van der Waals surface area contributed by atoms with Gasteiger partial charge in [0, 0.05) is 13.0 Å². The Kier molecular flexibility index (Phi) is 4.94. The first kappa shape index (κ1) is 16.2. The second kappa shape index (κ2) is 7.30. The molecule has 1 N–H and O–H groups in total. The van der Waals surface area contributed by atoms with Crippen molar-refractivity contribution in [2.45, 2.75) is 39.3 Å². The lowest BCUT2D eigenvalue weighted by atomic mass is 10.2. The summed E-state index contributed by atoms with van der Waals surface area (Å²) in [4.78, 5) is 16.7. The van der Waals surface area contributed by atoms with Crippen molar-refractivity contribution < 1.29 is 4.79 Å². The van der Waals surface area contributed by atoms with Gasteiger partial charge in [-0.05, 0) is 31.0 Å². The van der Waals surface area contributed by atoms with Crippen molar-refractivity contribution in [1.82, 2.24) is 14.9 Å². The Bertz CT molecular complexity index is 823. The molecule has 0 aliphatic heterocycles. The fourth-order valence-electron chi connectivity index (χ4n) is 2.96. The van der Waals surface area contributed by atoms with Gasteiger partial charge in [-0.2, -0.15) is 0 Å². The van der Waals surface area contributed by atoms with Gasteiger partial charge in [-0.3, -0.25) is 4.79 Å². The number of carbonyl (C=O) groups is 1. The van der Waals surface area contributed by atoms with Crippen molar-refractivity contribution in [3.8, 4) is 0 Å². The number of para-hydroxylation sites is 2. The Hall–Kier alpha value is -2.62. The average Bonchev–Trinajstić information content (AvgIpc) is 2.95. The van der Waals surface area contributed by atoms with Crippen LogP contribution in [0.4, 0.5) is 0 Å². The zero-order chi connectivity index (χ0) is 16.9. The van der Waals surface area contributed by atoms with E-state index >= 15 is 0 Å². The highest BCUT2D eigenvalue weighted by Crippen LogP contribution is 2.22. The molecule has 0 fully saturated rings. The highest BCUT2D eigenvalue weighted by atomic mass is 16.1. The number of hydrogen-bond donors (Lipinski definition) is 1. The van der Waals surface area contributed by atoms with Gasteiger partial charge in [-0.1, -0.05) is 49.4 Å². The van der Waals surface area contributed by atoms with Crippen molar-refractivity contribution in [3.05, 3.63) is 66.0 Å². The quantitative estimate of drug-likeness (QED) is 0.744. The summed E-state index contributed by atoms with van der Waals surface area (Å²) in [6.45, 7) is 4.75. The van der Waals surface area contributed by atoms with Crippen LogP contribution in [0.3, 0.4) is 0 Å². The van der Waals surface area contributed by atoms with E-state index in [1.54, 1.807) is 0 Å². The van der Waals surface area contributed by atoms with Gasteiger partial charge < -0.3 is 9.88 Å². The van der Waals surface area contributed by atoms with E-state index in [4.69, 9.17) is 4.98 Å². The highest BCUT2D eigenvalue weighted by molar-refractivity contribution is 5.78. The first-order valence-corrected chi connectivity index (χ1v) is 8.47. The molecule has 4 nitrogen and oxygen atoms in total. The van der Waals surface area contributed by atoms with Crippen molar-refractivity contribution in [1.29, 1.82) is 0 Å². The zero-order valence-electron chi connectivity index (χ0n) is 14.2. The van der Waals surface area contributed by atoms with Gasteiger partial charge in [0.15, 0.2) is 0 Å². The van der Waals surface area contributed by atoms with Gasteiger partial charge in [0.2, 0.25) is 5.91 Å². The monoisotopic (exact) mass is 321 g/mol. The lowest BCUT2D eigenvalue weighted by molar-refractivity contribution is -0.121. The van der Waals surface area contributed by atoms with Crippen LogP contribution in [0.2, 0.25) is 0 Å². The van der Waals surface area contributed by atoms with Gasteiger partial charge in [0.05, 0.1) is 17.1 Å². The summed E-state index contributed by atoms with van der Waals surface area (Å²) in [6.07, 6.45) is 1.39. The van der Waals surface area contributed by atoms with Crippen molar-refractivity contribution in [3.63, 3.8) is 0 Å². The maximum Gasteiger partial charge on any atom is 0.220 e. The third-order valence-electron chi connectivity index (χ3n) is 4.11. The lowest BCUT2D eigenvalue weighted by Crippen LogP contribution is -2.28. The van der Waals surface area contributed by atoms with E-state index in [-0.39, 0.29) is 11.9 Å². The van der Waals surface area contributed by atoms with Crippen LogP contribution in [0, 0.1) is 0 Å². The van der Waals surface area contributed by atoms with Crippen LogP contribution >= 0.6 is 0 Å². The second-order valence-electron chi connectivity index (χ2n) is 6.07. The Labute approximate surface area is 142 Å². The van der Waals surface area contributed by atoms with E-state index < -0.39 is 0 Å². The smallest absolute Gasteiger partial charge is 0.220 e. The number of nitrogens with zero attached hydrogens (tertiary/aromatic N) is 2. The number of amides is 1. The lowest BCUT2D eigenvalue weighted by Gasteiger charge is -2.16. The molecule has 0 saturated heterocycles. The molecule has 3 aromatic rings. The summed E-state index contributed by atoms with van der Waals surface area (Å²) in [6, 6.07) is 18.3. The summed E-state index contributed by atoms with van der Waals surface area (Å²) in [7, 11) is 0. The third kappa shape index (κ3) is 3.48. The maximum absolute atomic E-state index is 12.0. The molecule has 24 heavy (non-hydrogen) atoms. The van der Waals surface area contributed by atoms with Crippen LogP contribution in [0.25, 0.3) is 11.0 Å². The van der Waals surface area contributed by atoms with Gasteiger partial charge in [0.25, 0.3) is 0 Å². The zero-order valence-corrected chi connectivity index (χ0v) is 14.2. The molecule has 0 bridgehead atoms. The standard InChI is InChI=1S/C20H23N3O/c1-3-9-19(24)21-15(2)20-22-17-12-7-8-13-18(17)23(20)14-16-10-5-4-6-11-16/h4-8,10-13,15H,3,9,14H2,1-2H3,(H,21,24)/t15-/m0/s1. The largest absolute Gasteiger partial charge is 0.346 e. The number of benzene rings is 2. The molecule has 1 heterocycles. The van der Waals surface area contributed by atoms with E-state index in [0.29, 0.717) is 6.42 Å². The molecular formula is C20H23N3O. The minimum atomic E-state index is -0.125. The maximum atomic E-state index is 12.0. The SMILES string of the molecule is CCCC(=O)N[C@@H](C)c1nc2ccccc2n1Cc1ccccc1. The van der Waals surface area contributed by atoms with Crippen molar-refractivity contribution >= 4 is 16.9 Å². The van der Waals surface area contributed by atoms with Crippen LogP contribution in [-0.2, 0) is 11.3 Å². The number of nitrogens with one attached hydrogen (secondary N) is 1. The molecule has 0 aliphatic carbocycles. The van der Waals surface area contributed by atoms with Crippen molar-refractivity contribution in [2.24, 2.45) is 0 Å². The molecule has 124 valence electrons. The number of fused-ring (bicyclic) bond motifs is 1. The molecule has 0 unspecified atom stereocenters. The molecule has 0 spiro atoms. The molecule has 0 radical (unpaired) electrons. The minimum Gasteiger partial charge on any atom is -0.346 e. The van der Waals surface area contributed by atoms with Crippen LogP contribution in [0.5, 0.6) is 0 Å². The Morgan fingerprint density at radius 2 is 1.83 bits per heavy atom. The molecule has 3 rings (SSSR count). The molecule has 1 atom stereocenters. The van der Waals surface area contributed by atoms with Crippen LogP contribution in [0.1, 0.15) is 44.1 Å². The van der Waals surface area contributed by atoms with Crippen LogP contribution < -0.4 is 5.32 Å². The molecule has 2 aromatic carbocycles. The Balaban J connectivity index is 1.97. The van der Waals surface area contributed by atoms with E-state index in [9.17, 15) is 4.79 Å². The summed E-state index contributed by atoms with van der Waals surface area (Å²) in [5.41, 5.74) is 3.27. The molecule has 0 saturated carbocycles.